The molecule has 1 fully saturated rings. The molecule has 0 unspecified atom stereocenters. The molecular weight excluding hydrogens is 276 g/mol. The summed E-state index contributed by atoms with van der Waals surface area (Å²) < 4.78 is 5.99. The molecule has 1 aliphatic rings. The summed E-state index contributed by atoms with van der Waals surface area (Å²) in [5.74, 6) is 0.179. The van der Waals surface area contributed by atoms with Gasteiger partial charge in [-0.05, 0) is 5.56 Å². The Morgan fingerprint density at radius 2 is 1.59 bits per heavy atom. The Labute approximate surface area is 129 Å². The average molecular weight is 294 g/mol. The fourth-order valence-corrected chi connectivity index (χ4v) is 2.81. The number of carbonyl (C=O) groups is 2. The van der Waals surface area contributed by atoms with E-state index >= 15 is 0 Å². The van der Waals surface area contributed by atoms with Gasteiger partial charge in [0.1, 0.15) is 5.78 Å². The normalized spacial score (nSPS) is 21.5. The lowest BCUT2D eigenvalue weighted by Gasteiger charge is -2.29. The molecule has 3 heteroatoms. The highest BCUT2D eigenvalue weighted by Crippen LogP contribution is 2.30. The van der Waals surface area contributed by atoms with Gasteiger partial charge in [-0.1, -0.05) is 60.7 Å². The van der Waals surface area contributed by atoms with Crippen molar-refractivity contribution in [2.75, 3.05) is 0 Å². The van der Waals surface area contributed by atoms with Gasteiger partial charge >= 0.3 is 0 Å². The van der Waals surface area contributed by atoms with Gasteiger partial charge < -0.3 is 4.74 Å². The highest BCUT2D eigenvalue weighted by Gasteiger charge is 2.30. The van der Waals surface area contributed by atoms with Crippen LogP contribution in [0.15, 0.2) is 60.7 Å². The lowest BCUT2D eigenvalue weighted by molar-refractivity contribution is -0.135. The molecule has 1 heterocycles. The lowest BCUT2D eigenvalue weighted by atomic mass is 9.94. The van der Waals surface area contributed by atoms with Gasteiger partial charge in [-0.25, -0.2) is 0 Å². The van der Waals surface area contributed by atoms with Crippen molar-refractivity contribution in [3.63, 3.8) is 0 Å². The van der Waals surface area contributed by atoms with Gasteiger partial charge in [0.25, 0.3) is 0 Å². The predicted octanol–water partition coefficient (Wildman–Crippen LogP) is 3.75. The minimum atomic E-state index is -0.334. The minimum Gasteiger partial charge on any atom is -0.369 e. The SMILES string of the molecule is O=C1C[C@@H](CC(=O)c2ccccc2)O[C@H](c2ccccc2)C1. The zero-order valence-electron chi connectivity index (χ0n) is 12.3. The maximum Gasteiger partial charge on any atom is 0.165 e. The van der Waals surface area contributed by atoms with Crippen molar-refractivity contribution in [2.45, 2.75) is 31.5 Å². The molecule has 0 spiro atoms. The van der Waals surface area contributed by atoms with Crippen molar-refractivity contribution in [3.8, 4) is 0 Å². The van der Waals surface area contributed by atoms with Crippen LogP contribution >= 0.6 is 0 Å². The van der Waals surface area contributed by atoms with Crippen LogP contribution in [-0.4, -0.2) is 17.7 Å². The number of Topliss-reactive ketones (excluding diaryl/α,β-unsaturated/α-hetero) is 2. The van der Waals surface area contributed by atoms with Crippen molar-refractivity contribution < 1.29 is 14.3 Å². The van der Waals surface area contributed by atoms with Gasteiger partial charge in [-0.15, -0.1) is 0 Å². The summed E-state index contributed by atoms with van der Waals surface area (Å²) in [6.07, 6.45) is 0.385. The van der Waals surface area contributed by atoms with Gasteiger partial charge in [0, 0.05) is 24.8 Å². The average Bonchev–Trinajstić information content (AvgIpc) is 2.56. The Hall–Kier alpha value is -2.26. The topological polar surface area (TPSA) is 43.4 Å². The van der Waals surface area contributed by atoms with Crippen LogP contribution in [0.4, 0.5) is 0 Å². The van der Waals surface area contributed by atoms with Crippen LogP contribution in [0, 0.1) is 0 Å². The van der Waals surface area contributed by atoms with E-state index in [4.69, 9.17) is 4.74 Å². The Bertz CT molecular complexity index is 649. The van der Waals surface area contributed by atoms with Gasteiger partial charge in [-0.2, -0.15) is 0 Å². The summed E-state index contributed by atoms with van der Waals surface area (Å²) in [7, 11) is 0. The van der Waals surface area contributed by atoms with Crippen LogP contribution in [0.5, 0.6) is 0 Å². The van der Waals surface area contributed by atoms with E-state index in [2.05, 4.69) is 0 Å². The summed E-state index contributed by atoms with van der Waals surface area (Å²) in [6.45, 7) is 0. The van der Waals surface area contributed by atoms with Crippen LogP contribution in [0.1, 0.15) is 41.3 Å². The van der Waals surface area contributed by atoms with E-state index in [0.717, 1.165) is 5.56 Å². The third-order valence-corrected chi connectivity index (χ3v) is 3.91. The number of rotatable bonds is 4. The third-order valence-electron chi connectivity index (χ3n) is 3.91. The van der Waals surface area contributed by atoms with Crippen LogP contribution < -0.4 is 0 Å². The van der Waals surface area contributed by atoms with Crippen molar-refractivity contribution in [1.29, 1.82) is 0 Å². The molecule has 2 aromatic rings. The van der Waals surface area contributed by atoms with Crippen LogP contribution in [-0.2, 0) is 9.53 Å². The lowest BCUT2D eigenvalue weighted by Crippen LogP contribution is -2.30. The first-order valence-electron chi connectivity index (χ1n) is 7.53. The molecule has 2 atom stereocenters. The van der Waals surface area contributed by atoms with E-state index in [0.29, 0.717) is 18.4 Å². The molecule has 0 aromatic heterocycles. The Balaban J connectivity index is 1.69. The first kappa shape index (κ1) is 14.7. The molecule has 0 radical (unpaired) electrons. The van der Waals surface area contributed by atoms with Crippen molar-refractivity contribution in [2.24, 2.45) is 0 Å². The Morgan fingerprint density at radius 3 is 2.27 bits per heavy atom. The molecule has 3 rings (SSSR count). The summed E-state index contributed by atoms with van der Waals surface area (Å²) in [5.41, 5.74) is 1.66. The molecule has 1 aliphatic heterocycles. The second-order valence-corrected chi connectivity index (χ2v) is 5.60. The van der Waals surface area contributed by atoms with E-state index < -0.39 is 0 Å². The molecule has 0 saturated carbocycles. The summed E-state index contributed by atoms with van der Waals surface area (Å²) >= 11 is 0. The van der Waals surface area contributed by atoms with Crippen LogP contribution in [0.2, 0.25) is 0 Å². The first-order chi connectivity index (χ1) is 10.7. The zero-order chi connectivity index (χ0) is 15.4. The fourth-order valence-electron chi connectivity index (χ4n) is 2.81. The summed E-state index contributed by atoms with van der Waals surface area (Å²) in [4.78, 5) is 24.3. The van der Waals surface area contributed by atoms with Crippen molar-refractivity contribution in [3.05, 3.63) is 71.8 Å². The van der Waals surface area contributed by atoms with Gasteiger partial charge in [0.05, 0.1) is 12.2 Å². The molecule has 3 nitrogen and oxygen atoms in total. The fraction of sp³-hybridized carbons (Fsp3) is 0.263. The minimum absolute atomic E-state index is 0.0205. The van der Waals surface area contributed by atoms with Gasteiger partial charge in [0.2, 0.25) is 0 Å². The molecule has 0 N–H and O–H groups in total. The van der Waals surface area contributed by atoms with Gasteiger partial charge in [0.15, 0.2) is 5.78 Å². The number of carbonyl (C=O) groups excluding carboxylic acids is 2. The maximum atomic E-state index is 12.3. The zero-order valence-corrected chi connectivity index (χ0v) is 12.3. The van der Waals surface area contributed by atoms with Crippen molar-refractivity contribution in [1.82, 2.24) is 0 Å². The number of ether oxygens (including phenoxy) is 1. The van der Waals surface area contributed by atoms with Crippen LogP contribution in [0.3, 0.4) is 0 Å². The standard InChI is InChI=1S/C19H18O3/c20-16-11-17(13-18(21)14-7-3-1-4-8-14)22-19(12-16)15-9-5-2-6-10-15/h1-10,17,19H,11-13H2/t17-,19-/m0/s1. The Kier molecular flexibility index (Phi) is 4.45. The van der Waals surface area contributed by atoms with E-state index in [-0.39, 0.29) is 30.2 Å². The van der Waals surface area contributed by atoms with E-state index in [1.54, 1.807) is 12.1 Å². The summed E-state index contributed by atoms with van der Waals surface area (Å²) in [6, 6.07) is 18.9. The number of hydrogen-bond donors (Lipinski definition) is 0. The van der Waals surface area contributed by atoms with E-state index in [1.807, 2.05) is 48.5 Å². The Morgan fingerprint density at radius 1 is 0.955 bits per heavy atom. The summed E-state index contributed by atoms with van der Waals surface area (Å²) in [5, 5.41) is 0. The highest BCUT2D eigenvalue weighted by molar-refractivity contribution is 5.96. The molecule has 0 amide bonds. The molecular formula is C19H18O3. The monoisotopic (exact) mass is 294 g/mol. The molecule has 1 saturated heterocycles. The van der Waals surface area contributed by atoms with E-state index in [1.165, 1.54) is 0 Å². The third kappa shape index (κ3) is 3.49. The van der Waals surface area contributed by atoms with E-state index in [9.17, 15) is 9.59 Å². The van der Waals surface area contributed by atoms with Gasteiger partial charge in [-0.3, -0.25) is 9.59 Å². The smallest absolute Gasteiger partial charge is 0.165 e. The number of benzene rings is 2. The predicted molar refractivity (Wildman–Crippen MR) is 83.7 cm³/mol. The quantitative estimate of drug-likeness (QED) is 0.807. The first-order valence-corrected chi connectivity index (χ1v) is 7.53. The second-order valence-electron chi connectivity index (χ2n) is 5.60. The number of ketones is 2. The van der Waals surface area contributed by atoms with Crippen LogP contribution in [0.25, 0.3) is 0 Å². The molecule has 0 bridgehead atoms. The molecule has 0 aliphatic carbocycles. The second kappa shape index (κ2) is 6.67. The largest absolute Gasteiger partial charge is 0.369 e. The molecule has 2 aromatic carbocycles. The maximum absolute atomic E-state index is 12.3. The number of hydrogen-bond acceptors (Lipinski definition) is 3. The van der Waals surface area contributed by atoms with Crippen molar-refractivity contribution >= 4 is 11.6 Å². The molecule has 112 valence electrons. The highest BCUT2D eigenvalue weighted by atomic mass is 16.5. The molecule has 22 heavy (non-hydrogen) atoms.